The van der Waals surface area contributed by atoms with Crippen molar-refractivity contribution in [2.45, 2.75) is 10.8 Å². The van der Waals surface area contributed by atoms with Gasteiger partial charge in [0.1, 0.15) is 5.82 Å². The standard InChI is InChI=1S/C11H10N3S/c12-10-5-3-6-11(14-10)15-8-9-4-1-2-7-13-9/h1-4,6-7H,8H2,(H2,12,14). The van der Waals surface area contributed by atoms with Crippen LogP contribution in [0.4, 0.5) is 5.82 Å². The molecule has 0 unspecified atom stereocenters. The average Bonchev–Trinajstić information content (AvgIpc) is 2.28. The molecule has 0 bridgehead atoms. The molecule has 2 aromatic rings. The fourth-order valence-electron chi connectivity index (χ4n) is 1.10. The van der Waals surface area contributed by atoms with Gasteiger partial charge in [-0.1, -0.05) is 17.8 Å². The summed E-state index contributed by atoms with van der Waals surface area (Å²) in [5.74, 6) is 1.23. The van der Waals surface area contributed by atoms with Crippen LogP contribution in [0.2, 0.25) is 0 Å². The van der Waals surface area contributed by atoms with Crippen molar-refractivity contribution in [1.82, 2.24) is 9.97 Å². The highest BCUT2D eigenvalue weighted by Crippen LogP contribution is 2.19. The van der Waals surface area contributed by atoms with E-state index in [-0.39, 0.29) is 0 Å². The van der Waals surface area contributed by atoms with Crippen LogP contribution < -0.4 is 5.73 Å². The molecule has 0 atom stereocenters. The molecule has 0 saturated carbocycles. The summed E-state index contributed by atoms with van der Waals surface area (Å²) in [6, 6.07) is 12.4. The van der Waals surface area contributed by atoms with Crippen molar-refractivity contribution in [1.29, 1.82) is 0 Å². The van der Waals surface area contributed by atoms with Crippen LogP contribution in [0.15, 0.2) is 41.6 Å². The SMILES string of the molecule is Nc1[c]ccc(SCc2ccccn2)n1. The van der Waals surface area contributed by atoms with Crippen molar-refractivity contribution < 1.29 is 0 Å². The van der Waals surface area contributed by atoms with E-state index in [9.17, 15) is 0 Å². The van der Waals surface area contributed by atoms with E-state index in [1.54, 1.807) is 24.0 Å². The normalized spacial score (nSPS) is 10.1. The molecule has 3 nitrogen and oxygen atoms in total. The van der Waals surface area contributed by atoms with Crippen molar-refractivity contribution in [3.05, 3.63) is 48.3 Å². The quantitative estimate of drug-likeness (QED) is 0.799. The second-order valence-corrected chi connectivity index (χ2v) is 3.92. The smallest absolute Gasteiger partial charge is 0.132 e. The molecule has 1 radical (unpaired) electrons. The Bertz CT molecular complexity index is 431. The second-order valence-electron chi connectivity index (χ2n) is 2.92. The zero-order valence-electron chi connectivity index (χ0n) is 8.05. The largest absolute Gasteiger partial charge is 0.383 e. The van der Waals surface area contributed by atoms with E-state index in [1.165, 1.54) is 0 Å². The topological polar surface area (TPSA) is 51.8 Å². The van der Waals surface area contributed by atoms with Crippen LogP contribution in [0, 0.1) is 6.07 Å². The van der Waals surface area contributed by atoms with Gasteiger partial charge in [-0.05, 0) is 24.3 Å². The van der Waals surface area contributed by atoms with E-state index in [0.717, 1.165) is 16.5 Å². The molecule has 2 aromatic heterocycles. The fraction of sp³-hybridized carbons (Fsp3) is 0.0909. The highest BCUT2D eigenvalue weighted by molar-refractivity contribution is 7.98. The van der Waals surface area contributed by atoms with Crippen molar-refractivity contribution in [2.24, 2.45) is 0 Å². The highest BCUT2D eigenvalue weighted by Gasteiger charge is 1.98. The van der Waals surface area contributed by atoms with E-state index in [0.29, 0.717) is 5.82 Å². The van der Waals surface area contributed by atoms with Gasteiger partial charge in [-0.3, -0.25) is 4.98 Å². The summed E-state index contributed by atoms with van der Waals surface area (Å²) in [4.78, 5) is 8.37. The fourth-order valence-corrected chi connectivity index (χ4v) is 1.89. The van der Waals surface area contributed by atoms with Crippen LogP contribution in [0.25, 0.3) is 0 Å². The Morgan fingerprint density at radius 3 is 3.00 bits per heavy atom. The average molecular weight is 216 g/mol. The van der Waals surface area contributed by atoms with Gasteiger partial charge in [-0.2, -0.15) is 0 Å². The predicted molar refractivity (Wildman–Crippen MR) is 61.3 cm³/mol. The number of nitrogens with zero attached hydrogens (tertiary/aromatic N) is 2. The van der Waals surface area contributed by atoms with E-state index in [4.69, 9.17) is 5.73 Å². The first-order chi connectivity index (χ1) is 7.34. The minimum Gasteiger partial charge on any atom is -0.383 e. The Labute approximate surface area is 92.8 Å². The van der Waals surface area contributed by atoms with Gasteiger partial charge in [-0.15, -0.1) is 0 Å². The van der Waals surface area contributed by atoms with Crippen molar-refractivity contribution in [3.63, 3.8) is 0 Å². The van der Waals surface area contributed by atoms with E-state index >= 15 is 0 Å². The first-order valence-corrected chi connectivity index (χ1v) is 5.50. The Morgan fingerprint density at radius 1 is 1.33 bits per heavy atom. The van der Waals surface area contributed by atoms with E-state index in [1.807, 2.05) is 24.3 Å². The van der Waals surface area contributed by atoms with Crippen LogP contribution in [-0.4, -0.2) is 9.97 Å². The molecular weight excluding hydrogens is 206 g/mol. The van der Waals surface area contributed by atoms with Gasteiger partial charge in [0.05, 0.1) is 10.7 Å². The number of anilines is 1. The monoisotopic (exact) mass is 216 g/mol. The number of rotatable bonds is 3. The summed E-state index contributed by atoms with van der Waals surface area (Å²) in [6.07, 6.45) is 1.79. The van der Waals surface area contributed by atoms with Crippen LogP contribution >= 0.6 is 11.8 Å². The zero-order chi connectivity index (χ0) is 10.5. The number of thioether (sulfide) groups is 1. The minimum atomic E-state index is 0.432. The summed E-state index contributed by atoms with van der Waals surface area (Å²) in [6.45, 7) is 0. The Hall–Kier alpha value is -1.55. The molecule has 0 saturated heterocycles. The second kappa shape index (κ2) is 4.79. The third-order valence-corrected chi connectivity index (χ3v) is 2.75. The van der Waals surface area contributed by atoms with Gasteiger partial charge in [0.15, 0.2) is 0 Å². The molecule has 2 heterocycles. The maximum Gasteiger partial charge on any atom is 0.132 e. The minimum absolute atomic E-state index is 0.432. The third kappa shape index (κ3) is 2.95. The summed E-state index contributed by atoms with van der Waals surface area (Å²) in [7, 11) is 0. The maximum absolute atomic E-state index is 5.53. The molecule has 4 heteroatoms. The predicted octanol–water partition coefficient (Wildman–Crippen LogP) is 2.15. The van der Waals surface area contributed by atoms with Crippen LogP contribution in [0.1, 0.15) is 5.69 Å². The molecule has 75 valence electrons. The molecule has 0 aliphatic rings. The lowest BCUT2D eigenvalue weighted by atomic mass is 10.4. The highest BCUT2D eigenvalue weighted by atomic mass is 32.2. The summed E-state index contributed by atoms with van der Waals surface area (Å²) in [5.41, 5.74) is 6.57. The van der Waals surface area contributed by atoms with Gasteiger partial charge in [0, 0.05) is 18.0 Å². The van der Waals surface area contributed by atoms with Gasteiger partial charge < -0.3 is 5.73 Å². The van der Waals surface area contributed by atoms with Crippen molar-refractivity contribution in [2.75, 3.05) is 5.73 Å². The maximum atomic E-state index is 5.53. The molecule has 15 heavy (non-hydrogen) atoms. The first-order valence-electron chi connectivity index (χ1n) is 4.51. The zero-order valence-corrected chi connectivity index (χ0v) is 8.87. The number of hydrogen-bond donors (Lipinski definition) is 1. The molecule has 0 spiro atoms. The summed E-state index contributed by atoms with van der Waals surface area (Å²) in [5, 5.41) is 0.900. The molecule has 0 amide bonds. The summed E-state index contributed by atoms with van der Waals surface area (Å²) < 4.78 is 0. The molecule has 0 fully saturated rings. The van der Waals surface area contributed by atoms with Crippen molar-refractivity contribution >= 4 is 17.6 Å². The van der Waals surface area contributed by atoms with E-state index in [2.05, 4.69) is 16.0 Å². The Balaban J connectivity index is 1.99. The van der Waals surface area contributed by atoms with Gasteiger partial charge in [0.2, 0.25) is 0 Å². The Morgan fingerprint density at radius 2 is 2.27 bits per heavy atom. The number of aromatic nitrogens is 2. The lowest BCUT2D eigenvalue weighted by Crippen LogP contribution is -1.91. The van der Waals surface area contributed by atoms with Gasteiger partial charge >= 0.3 is 0 Å². The van der Waals surface area contributed by atoms with Crippen LogP contribution in [0.3, 0.4) is 0 Å². The molecular formula is C11H10N3S. The Kier molecular flexibility index (Phi) is 3.19. The first kappa shape index (κ1) is 9.98. The van der Waals surface area contributed by atoms with E-state index < -0.39 is 0 Å². The van der Waals surface area contributed by atoms with Crippen LogP contribution in [-0.2, 0) is 5.75 Å². The lowest BCUT2D eigenvalue weighted by molar-refractivity contribution is 1.12. The number of nitrogen functional groups attached to an aromatic ring is 1. The molecule has 2 rings (SSSR count). The number of hydrogen-bond acceptors (Lipinski definition) is 4. The van der Waals surface area contributed by atoms with Crippen molar-refractivity contribution in [3.8, 4) is 0 Å². The molecule has 2 N–H and O–H groups in total. The summed E-state index contributed by atoms with van der Waals surface area (Å²) >= 11 is 1.61. The molecule has 0 aromatic carbocycles. The van der Waals surface area contributed by atoms with Gasteiger partial charge in [0.25, 0.3) is 0 Å². The van der Waals surface area contributed by atoms with Crippen LogP contribution in [0.5, 0.6) is 0 Å². The van der Waals surface area contributed by atoms with Gasteiger partial charge in [-0.25, -0.2) is 4.98 Å². The lowest BCUT2D eigenvalue weighted by Gasteiger charge is -2.00. The number of pyridine rings is 2. The molecule has 0 aliphatic heterocycles. The number of nitrogens with two attached hydrogens (primary N) is 1. The molecule has 0 aliphatic carbocycles. The third-order valence-electron chi connectivity index (χ3n) is 1.78.